The normalized spacial score (nSPS) is 9.62. The first-order chi connectivity index (χ1) is 3.70. The minimum atomic E-state index is -0.285. The Balaban J connectivity index is 3.35. The van der Waals surface area contributed by atoms with Crippen LogP contribution in [0, 0.1) is 0 Å². The smallest absolute Gasteiger partial charge is 0.308 e. The Kier molecular flexibility index (Phi) is 1.31. The maximum Gasteiger partial charge on any atom is 0.308 e. The molecule has 0 saturated heterocycles. The fraction of sp³-hybridized carbons (Fsp3) is 0. The van der Waals surface area contributed by atoms with Crippen LogP contribution in [0.3, 0.4) is 0 Å². The van der Waals surface area contributed by atoms with Crippen LogP contribution in [0.15, 0.2) is 9.00 Å². The predicted molar refractivity (Wildman–Crippen MR) is 33.9 cm³/mol. The van der Waals surface area contributed by atoms with Gasteiger partial charge in [0.2, 0.25) is 5.88 Å². The summed E-state index contributed by atoms with van der Waals surface area (Å²) in [5.41, 5.74) is 0. The van der Waals surface area contributed by atoms with Crippen molar-refractivity contribution in [3.05, 3.63) is 9.67 Å². The molecule has 1 aromatic heterocycles. The van der Waals surface area contributed by atoms with E-state index >= 15 is 0 Å². The number of rotatable bonds is 0. The molecule has 2 N–H and O–H groups in total. The summed E-state index contributed by atoms with van der Waals surface area (Å²) in [6.07, 6.45) is 0. The van der Waals surface area contributed by atoms with Crippen molar-refractivity contribution in [2.45, 2.75) is 4.21 Å². The number of aromatic hydroxyl groups is 1. The van der Waals surface area contributed by atoms with Crippen LogP contribution in [-0.4, -0.2) is 10.1 Å². The largest absolute Gasteiger partial charge is 0.493 e. The zero-order chi connectivity index (χ0) is 6.15. The van der Waals surface area contributed by atoms with Gasteiger partial charge in [-0.15, -0.1) is 12.6 Å². The van der Waals surface area contributed by atoms with Crippen molar-refractivity contribution >= 4 is 24.0 Å². The van der Waals surface area contributed by atoms with E-state index in [4.69, 9.17) is 5.11 Å². The third-order valence-electron chi connectivity index (χ3n) is 0.612. The number of hydrogen-bond donors (Lipinski definition) is 3. The molecule has 5 heteroatoms. The van der Waals surface area contributed by atoms with Gasteiger partial charge in [-0.05, 0) is 0 Å². The molecule has 0 aromatic carbocycles. The van der Waals surface area contributed by atoms with E-state index in [-0.39, 0.29) is 10.8 Å². The Morgan fingerprint density at radius 2 is 2.38 bits per heavy atom. The minimum absolute atomic E-state index is 0.150. The van der Waals surface area contributed by atoms with Crippen molar-refractivity contribution < 1.29 is 5.11 Å². The molecule has 0 atom stereocenters. The van der Waals surface area contributed by atoms with Crippen LogP contribution < -0.4 is 4.87 Å². The summed E-state index contributed by atoms with van der Waals surface area (Å²) in [6, 6.07) is 0. The summed E-state index contributed by atoms with van der Waals surface area (Å²) in [4.78, 5) is 12.1. The van der Waals surface area contributed by atoms with E-state index in [1.165, 1.54) is 0 Å². The zero-order valence-corrected chi connectivity index (χ0v) is 5.42. The molecule has 0 aliphatic carbocycles. The van der Waals surface area contributed by atoms with Crippen LogP contribution in [0.4, 0.5) is 0 Å². The van der Waals surface area contributed by atoms with Gasteiger partial charge in [0.05, 0.1) is 0 Å². The van der Waals surface area contributed by atoms with Crippen molar-refractivity contribution in [3.8, 4) is 5.88 Å². The molecule has 1 heterocycles. The van der Waals surface area contributed by atoms with Crippen molar-refractivity contribution in [1.82, 2.24) is 4.98 Å². The van der Waals surface area contributed by atoms with E-state index in [1.54, 1.807) is 0 Å². The van der Waals surface area contributed by atoms with E-state index < -0.39 is 0 Å². The average molecular weight is 149 g/mol. The Morgan fingerprint density at radius 3 is 2.50 bits per heavy atom. The monoisotopic (exact) mass is 149 g/mol. The van der Waals surface area contributed by atoms with Crippen molar-refractivity contribution in [2.75, 3.05) is 0 Å². The third-order valence-corrected chi connectivity index (χ3v) is 1.77. The lowest BCUT2D eigenvalue weighted by molar-refractivity contribution is 0.445. The number of aromatic nitrogens is 1. The quantitative estimate of drug-likeness (QED) is 0.468. The summed E-state index contributed by atoms with van der Waals surface area (Å²) in [5.74, 6) is -0.150. The Bertz CT molecular complexity index is 215. The van der Waals surface area contributed by atoms with Gasteiger partial charge in [0.25, 0.3) is 0 Å². The van der Waals surface area contributed by atoms with E-state index in [0.717, 1.165) is 11.3 Å². The highest BCUT2D eigenvalue weighted by molar-refractivity contribution is 7.82. The first-order valence-corrected chi connectivity index (χ1v) is 3.07. The van der Waals surface area contributed by atoms with Gasteiger partial charge in [-0.25, -0.2) is 0 Å². The summed E-state index contributed by atoms with van der Waals surface area (Å²) in [5, 5.41) is 8.62. The molecule has 1 rings (SSSR count). The van der Waals surface area contributed by atoms with Gasteiger partial charge >= 0.3 is 4.87 Å². The number of thiol groups is 1. The van der Waals surface area contributed by atoms with Gasteiger partial charge in [-0.2, -0.15) is 0 Å². The van der Waals surface area contributed by atoms with Crippen molar-refractivity contribution in [1.29, 1.82) is 0 Å². The maximum absolute atomic E-state index is 10.3. The van der Waals surface area contributed by atoms with Crippen molar-refractivity contribution in [2.24, 2.45) is 0 Å². The molecule has 0 saturated carbocycles. The molecular formula is C3H3NO2S2. The lowest BCUT2D eigenvalue weighted by atomic mass is 10.9. The van der Waals surface area contributed by atoms with Crippen molar-refractivity contribution in [3.63, 3.8) is 0 Å². The molecule has 0 fully saturated rings. The van der Waals surface area contributed by atoms with Crippen LogP contribution >= 0.6 is 24.0 Å². The molecule has 0 radical (unpaired) electrons. The number of nitrogens with one attached hydrogen (secondary N) is 1. The highest BCUT2D eigenvalue weighted by Gasteiger charge is 1.98. The molecule has 0 aliphatic heterocycles. The first-order valence-electron chi connectivity index (χ1n) is 1.81. The minimum Gasteiger partial charge on any atom is -0.493 e. The molecule has 0 aliphatic rings. The van der Waals surface area contributed by atoms with Crippen LogP contribution in [0.2, 0.25) is 0 Å². The predicted octanol–water partition coefficient (Wildman–Crippen LogP) is 0.431. The van der Waals surface area contributed by atoms with Crippen LogP contribution in [0.5, 0.6) is 5.88 Å². The average Bonchev–Trinajstić information content (AvgIpc) is 1.85. The molecule has 44 valence electrons. The number of aromatic amines is 1. The van der Waals surface area contributed by atoms with E-state index in [2.05, 4.69) is 17.6 Å². The zero-order valence-electron chi connectivity index (χ0n) is 3.71. The number of thiazole rings is 1. The summed E-state index contributed by atoms with van der Waals surface area (Å²) in [7, 11) is 0. The highest BCUT2D eigenvalue weighted by Crippen LogP contribution is 2.18. The Morgan fingerprint density at radius 1 is 1.75 bits per heavy atom. The molecule has 0 spiro atoms. The fourth-order valence-corrected chi connectivity index (χ4v) is 1.09. The second-order valence-corrected chi connectivity index (χ2v) is 2.90. The van der Waals surface area contributed by atoms with Gasteiger partial charge in [0.15, 0.2) is 0 Å². The molecule has 8 heavy (non-hydrogen) atoms. The lowest BCUT2D eigenvalue weighted by Crippen LogP contribution is -1.88. The van der Waals surface area contributed by atoms with Gasteiger partial charge in [-0.3, -0.25) is 9.78 Å². The molecule has 0 amide bonds. The molecule has 3 nitrogen and oxygen atoms in total. The van der Waals surface area contributed by atoms with Gasteiger partial charge in [-0.1, -0.05) is 11.3 Å². The number of hydrogen-bond acceptors (Lipinski definition) is 4. The van der Waals surface area contributed by atoms with Crippen LogP contribution in [-0.2, 0) is 0 Å². The summed E-state index contributed by atoms with van der Waals surface area (Å²) >= 11 is 4.63. The molecule has 0 unspecified atom stereocenters. The first kappa shape index (κ1) is 5.71. The number of H-pyrrole nitrogens is 1. The molecular weight excluding hydrogens is 146 g/mol. The van der Waals surface area contributed by atoms with E-state index in [1.807, 2.05) is 0 Å². The lowest BCUT2D eigenvalue weighted by Gasteiger charge is -1.77. The standard InChI is InChI=1S/C3H3NO2S2/c5-1-2(7)8-3(6)4-1/h5,7H,(H,4,6). The summed E-state index contributed by atoms with van der Waals surface area (Å²) < 4.78 is 0.329. The maximum atomic E-state index is 10.3. The second-order valence-electron chi connectivity index (χ2n) is 1.17. The Hall–Kier alpha value is -0.420. The topological polar surface area (TPSA) is 53.1 Å². The highest BCUT2D eigenvalue weighted by atomic mass is 32.2. The van der Waals surface area contributed by atoms with Gasteiger partial charge in [0.1, 0.15) is 4.21 Å². The van der Waals surface area contributed by atoms with E-state index in [0.29, 0.717) is 4.21 Å². The van der Waals surface area contributed by atoms with Crippen LogP contribution in [0.25, 0.3) is 0 Å². The van der Waals surface area contributed by atoms with Crippen LogP contribution in [0.1, 0.15) is 0 Å². The SMILES string of the molecule is O=c1[nH]c(O)c(S)s1. The van der Waals surface area contributed by atoms with E-state index in [9.17, 15) is 4.79 Å². The Labute approximate surface area is 54.4 Å². The molecule has 1 aromatic rings. The third kappa shape index (κ3) is 0.873. The van der Waals surface area contributed by atoms with Gasteiger partial charge < -0.3 is 5.11 Å². The molecule has 0 bridgehead atoms. The summed E-state index contributed by atoms with van der Waals surface area (Å²) in [6.45, 7) is 0. The second kappa shape index (κ2) is 1.83. The van der Waals surface area contributed by atoms with Gasteiger partial charge in [0, 0.05) is 0 Å². The fourth-order valence-electron chi connectivity index (χ4n) is 0.312.